The van der Waals surface area contributed by atoms with Crippen molar-refractivity contribution in [2.75, 3.05) is 0 Å². The minimum absolute atomic E-state index is 0.0188. The lowest BCUT2D eigenvalue weighted by molar-refractivity contribution is -0.140. The zero-order valence-electron chi connectivity index (χ0n) is 15.9. The molecule has 30 heavy (non-hydrogen) atoms. The van der Waals surface area contributed by atoms with Crippen LogP contribution in [-0.2, 0) is 19.3 Å². The van der Waals surface area contributed by atoms with Crippen LogP contribution in [0.5, 0.6) is 5.75 Å². The quantitative estimate of drug-likeness (QED) is 0.573. The number of ether oxygens (including phenoxy) is 1. The summed E-state index contributed by atoms with van der Waals surface area (Å²) in [7, 11) is 0. The number of benzene rings is 2. The molecule has 0 bridgehead atoms. The molecule has 0 atom stereocenters. The number of halogens is 4. The number of aromatic nitrogens is 1. The Kier molecular flexibility index (Phi) is 5.62. The maximum absolute atomic E-state index is 13.4. The molecule has 2 N–H and O–H groups in total. The van der Waals surface area contributed by atoms with Gasteiger partial charge in [0.2, 0.25) is 0 Å². The third-order valence-corrected chi connectivity index (χ3v) is 5.39. The van der Waals surface area contributed by atoms with Gasteiger partial charge in [0.05, 0.1) is 12.2 Å². The van der Waals surface area contributed by atoms with Crippen LogP contribution in [0.1, 0.15) is 29.5 Å². The van der Waals surface area contributed by atoms with Gasteiger partial charge in [-0.05, 0) is 53.6 Å². The number of hydrogen-bond acceptors (Lipinski definition) is 4. The number of fused-ring (bicyclic) bond motifs is 1. The second-order valence-corrected chi connectivity index (χ2v) is 7.39. The molecule has 1 fully saturated rings. The first-order valence-electron chi connectivity index (χ1n) is 9.57. The molecule has 1 aliphatic carbocycles. The minimum Gasteiger partial charge on any atom is -0.490 e. The van der Waals surface area contributed by atoms with E-state index in [-0.39, 0.29) is 24.5 Å². The van der Waals surface area contributed by atoms with E-state index in [0.29, 0.717) is 25.5 Å². The van der Waals surface area contributed by atoms with Crippen LogP contribution in [0, 0.1) is 5.82 Å². The van der Waals surface area contributed by atoms with Crippen molar-refractivity contribution in [3.8, 4) is 5.75 Å². The Bertz CT molecular complexity index is 1050. The Morgan fingerprint density at radius 2 is 1.83 bits per heavy atom. The summed E-state index contributed by atoms with van der Waals surface area (Å²) in [6.07, 6.45) is -0.239. The normalized spacial score (nSPS) is 19.0. The number of rotatable bonds is 6. The molecule has 2 aromatic carbocycles. The van der Waals surface area contributed by atoms with E-state index >= 15 is 0 Å². The summed E-state index contributed by atoms with van der Waals surface area (Å²) in [6.45, 7) is 0.551. The van der Waals surface area contributed by atoms with Crippen LogP contribution in [0.25, 0.3) is 10.8 Å². The summed E-state index contributed by atoms with van der Waals surface area (Å²) in [4.78, 5) is 4.12. The molecule has 1 saturated carbocycles. The molecule has 4 rings (SSSR count). The first kappa shape index (κ1) is 20.6. The fourth-order valence-electron chi connectivity index (χ4n) is 3.67. The first-order chi connectivity index (χ1) is 14.3. The van der Waals surface area contributed by atoms with Crippen LogP contribution < -0.4 is 10.1 Å². The Morgan fingerprint density at radius 3 is 2.57 bits per heavy atom. The van der Waals surface area contributed by atoms with E-state index in [1.165, 1.54) is 6.07 Å². The lowest BCUT2D eigenvalue weighted by atomic mass is 9.88. The Labute approximate surface area is 170 Å². The fraction of sp³-hybridized carbons (Fsp3) is 0.318. The summed E-state index contributed by atoms with van der Waals surface area (Å²) >= 11 is 0. The Hall–Kier alpha value is -2.71. The average molecular weight is 420 g/mol. The summed E-state index contributed by atoms with van der Waals surface area (Å²) in [5, 5.41) is 14.8. The summed E-state index contributed by atoms with van der Waals surface area (Å²) in [5.41, 5.74) is 0.570. The van der Waals surface area contributed by atoms with Gasteiger partial charge < -0.3 is 15.2 Å². The second kappa shape index (κ2) is 8.20. The lowest BCUT2D eigenvalue weighted by Gasteiger charge is -2.36. The van der Waals surface area contributed by atoms with Gasteiger partial charge >= 0.3 is 6.18 Å². The molecule has 158 valence electrons. The lowest BCUT2D eigenvalue weighted by Crippen LogP contribution is -2.46. The summed E-state index contributed by atoms with van der Waals surface area (Å²) in [6, 6.07) is 8.62. The van der Waals surface area contributed by atoms with Gasteiger partial charge in [-0.1, -0.05) is 12.1 Å². The molecule has 0 saturated heterocycles. The third kappa shape index (κ3) is 4.24. The fourth-order valence-corrected chi connectivity index (χ4v) is 3.67. The predicted octanol–water partition coefficient (Wildman–Crippen LogP) is 4.58. The second-order valence-electron chi connectivity index (χ2n) is 7.39. The van der Waals surface area contributed by atoms with E-state index in [1.807, 2.05) is 18.2 Å². The van der Waals surface area contributed by atoms with E-state index in [0.717, 1.165) is 28.0 Å². The molecule has 0 radical (unpaired) electrons. The van der Waals surface area contributed by atoms with Crippen LogP contribution in [0.15, 0.2) is 48.8 Å². The summed E-state index contributed by atoms with van der Waals surface area (Å²) < 4.78 is 57.4. The number of nitrogens with one attached hydrogen (secondary N) is 1. The minimum atomic E-state index is -4.75. The highest BCUT2D eigenvalue weighted by molar-refractivity contribution is 5.87. The molecule has 1 heterocycles. The molecule has 0 spiro atoms. The van der Waals surface area contributed by atoms with Gasteiger partial charge in [-0.2, -0.15) is 13.2 Å². The van der Waals surface area contributed by atoms with Gasteiger partial charge in [0, 0.05) is 30.4 Å². The smallest absolute Gasteiger partial charge is 0.419 e. The summed E-state index contributed by atoms with van der Waals surface area (Å²) in [5.74, 6) is -1.29. The molecule has 1 aliphatic rings. The number of hydrogen-bond donors (Lipinski definition) is 2. The highest BCUT2D eigenvalue weighted by Crippen LogP contribution is 2.35. The van der Waals surface area contributed by atoms with Crippen LogP contribution in [0.3, 0.4) is 0 Å². The highest BCUT2D eigenvalue weighted by Gasteiger charge is 2.35. The van der Waals surface area contributed by atoms with Gasteiger partial charge in [-0.15, -0.1) is 0 Å². The number of aliphatic hydroxyl groups is 1. The molecular weight excluding hydrogens is 400 g/mol. The van der Waals surface area contributed by atoms with Crippen molar-refractivity contribution < 1.29 is 27.4 Å². The monoisotopic (exact) mass is 420 g/mol. The highest BCUT2D eigenvalue weighted by atomic mass is 19.4. The number of aliphatic hydroxyl groups excluding tert-OH is 1. The number of alkyl halides is 3. The van der Waals surface area contributed by atoms with E-state index in [2.05, 4.69) is 10.3 Å². The van der Waals surface area contributed by atoms with Gasteiger partial charge in [0.15, 0.2) is 0 Å². The number of nitrogens with zero attached hydrogens (tertiary/aromatic N) is 1. The van der Waals surface area contributed by atoms with Crippen LogP contribution in [0.4, 0.5) is 17.6 Å². The molecule has 8 heteroatoms. The van der Waals surface area contributed by atoms with E-state index in [4.69, 9.17) is 4.74 Å². The Balaban J connectivity index is 1.34. The molecule has 0 unspecified atom stereocenters. The van der Waals surface area contributed by atoms with Crippen molar-refractivity contribution >= 4 is 10.8 Å². The Morgan fingerprint density at radius 1 is 1.07 bits per heavy atom. The van der Waals surface area contributed by atoms with Crippen molar-refractivity contribution in [3.05, 3.63) is 71.3 Å². The van der Waals surface area contributed by atoms with Gasteiger partial charge in [0.1, 0.15) is 17.7 Å². The van der Waals surface area contributed by atoms with E-state index in [9.17, 15) is 22.7 Å². The van der Waals surface area contributed by atoms with Crippen molar-refractivity contribution in [1.29, 1.82) is 0 Å². The zero-order valence-corrected chi connectivity index (χ0v) is 15.9. The standard InChI is InChI=1S/C22H20F4N2O2/c23-21-4-3-16(9-20(21)22(24,25)26)30-17-7-15(8-17)28-10-13-1-2-14(12-29)19-11-27-6-5-18(13)19/h1-6,9,11,15,17,28-29H,7-8,10,12H2. The van der Waals surface area contributed by atoms with Crippen LogP contribution in [0.2, 0.25) is 0 Å². The maximum Gasteiger partial charge on any atom is 0.419 e. The van der Waals surface area contributed by atoms with E-state index < -0.39 is 17.6 Å². The van der Waals surface area contributed by atoms with Crippen molar-refractivity contribution in [2.24, 2.45) is 0 Å². The molecule has 3 aromatic rings. The van der Waals surface area contributed by atoms with Gasteiger partial charge in [-0.25, -0.2) is 4.39 Å². The molecule has 0 aliphatic heterocycles. The number of pyridine rings is 1. The molecule has 4 nitrogen and oxygen atoms in total. The van der Waals surface area contributed by atoms with Crippen molar-refractivity contribution in [2.45, 2.75) is 44.3 Å². The predicted molar refractivity (Wildman–Crippen MR) is 103 cm³/mol. The van der Waals surface area contributed by atoms with E-state index in [1.54, 1.807) is 12.4 Å². The molecule has 1 aromatic heterocycles. The topological polar surface area (TPSA) is 54.4 Å². The largest absolute Gasteiger partial charge is 0.490 e. The van der Waals surface area contributed by atoms with Gasteiger partial charge in [0.25, 0.3) is 0 Å². The molecular formula is C22H20F4N2O2. The maximum atomic E-state index is 13.4. The first-order valence-corrected chi connectivity index (χ1v) is 9.57. The SMILES string of the molecule is OCc1ccc(CNC2CC(Oc3ccc(F)c(C(F)(F)F)c3)C2)c2ccncc12. The van der Waals surface area contributed by atoms with Crippen molar-refractivity contribution in [3.63, 3.8) is 0 Å². The zero-order chi connectivity index (χ0) is 21.3. The van der Waals surface area contributed by atoms with Crippen LogP contribution >= 0.6 is 0 Å². The van der Waals surface area contributed by atoms with Crippen LogP contribution in [-0.4, -0.2) is 22.2 Å². The van der Waals surface area contributed by atoms with Gasteiger partial charge in [-0.3, -0.25) is 4.98 Å². The molecule has 0 amide bonds. The third-order valence-electron chi connectivity index (χ3n) is 5.39. The van der Waals surface area contributed by atoms with Crippen molar-refractivity contribution in [1.82, 2.24) is 10.3 Å². The average Bonchev–Trinajstić information content (AvgIpc) is 2.69.